The molecule has 2 atom stereocenters. The van der Waals surface area contributed by atoms with Crippen molar-refractivity contribution in [1.82, 2.24) is 0 Å². The SMILES string of the molecule is CCCCCC(C)/C=C(\Br)C1CCC(=O)O1. The normalized spacial score (nSPS) is 23.3. The molecule has 0 aromatic heterocycles. The maximum absolute atomic E-state index is 11.0. The molecule has 1 aliphatic heterocycles. The van der Waals surface area contributed by atoms with Crippen molar-refractivity contribution in [2.24, 2.45) is 5.92 Å². The Kier molecular flexibility index (Phi) is 6.10. The third-order valence-corrected chi connectivity index (χ3v) is 3.67. The molecule has 0 amide bonds. The molecule has 0 aromatic rings. The number of hydrogen-bond acceptors (Lipinski definition) is 2. The van der Waals surface area contributed by atoms with E-state index in [1.54, 1.807) is 0 Å². The van der Waals surface area contributed by atoms with Crippen LogP contribution in [0.5, 0.6) is 0 Å². The van der Waals surface area contributed by atoms with Crippen molar-refractivity contribution < 1.29 is 9.53 Å². The van der Waals surface area contributed by atoms with Crippen molar-refractivity contribution in [2.75, 3.05) is 0 Å². The molecule has 0 spiro atoms. The van der Waals surface area contributed by atoms with Crippen LogP contribution in [0.1, 0.15) is 52.4 Å². The van der Waals surface area contributed by atoms with Crippen LogP contribution in [0.15, 0.2) is 10.6 Å². The molecule has 16 heavy (non-hydrogen) atoms. The molecule has 1 heterocycles. The maximum Gasteiger partial charge on any atom is 0.306 e. The highest BCUT2D eigenvalue weighted by molar-refractivity contribution is 9.11. The smallest absolute Gasteiger partial charge is 0.306 e. The van der Waals surface area contributed by atoms with E-state index in [1.165, 1.54) is 25.7 Å². The lowest BCUT2D eigenvalue weighted by molar-refractivity contribution is -0.140. The van der Waals surface area contributed by atoms with E-state index in [4.69, 9.17) is 4.74 Å². The van der Waals surface area contributed by atoms with Crippen molar-refractivity contribution in [3.8, 4) is 0 Å². The number of allylic oxidation sites excluding steroid dienone is 1. The highest BCUT2D eigenvalue weighted by Crippen LogP contribution is 2.27. The Hall–Kier alpha value is -0.310. The summed E-state index contributed by atoms with van der Waals surface area (Å²) in [6.45, 7) is 4.43. The Bertz CT molecular complexity index is 261. The molecule has 1 saturated heterocycles. The zero-order chi connectivity index (χ0) is 12.0. The summed E-state index contributed by atoms with van der Waals surface area (Å²) in [4.78, 5) is 11.0. The highest BCUT2D eigenvalue weighted by Gasteiger charge is 2.25. The van der Waals surface area contributed by atoms with Gasteiger partial charge >= 0.3 is 5.97 Å². The minimum Gasteiger partial charge on any atom is -0.457 e. The molecule has 2 unspecified atom stereocenters. The molecule has 0 radical (unpaired) electrons. The van der Waals surface area contributed by atoms with Gasteiger partial charge in [0.1, 0.15) is 6.10 Å². The van der Waals surface area contributed by atoms with E-state index in [0.29, 0.717) is 12.3 Å². The first-order chi connectivity index (χ1) is 7.63. The van der Waals surface area contributed by atoms with Gasteiger partial charge in [-0.15, -0.1) is 0 Å². The van der Waals surface area contributed by atoms with Gasteiger partial charge in [0.2, 0.25) is 0 Å². The number of rotatable bonds is 6. The first kappa shape index (κ1) is 13.8. The van der Waals surface area contributed by atoms with Crippen LogP contribution in [0.2, 0.25) is 0 Å². The van der Waals surface area contributed by atoms with Gasteiger partial charge < -0.3 is 4.74 Å². The first-order valence-electron chi connectivity index (χ1n) is 6.20. The summed E-state index contributed by atoms with van der Waals surface area (Å²) in [5.74, 6) is 0.481. The molecule has 1 rings (SSSR count). The van der Waals surface area contributed by atoms with Gasteiger partial charge in [-0.25, -0.2) is 0 Å². The number of ether oxygens (including phenoxy) is 1. The van der Waals surface area contributed by atoms with Crippen molar-refractivity contribution >= 4 is 21.9 Å². The van der Waals surface area contributed by atoms with E-state index in [2.05, 4.69) is 35.9 Å². The lowest BCUT2D eigenvalue weighted by Gasteiger charge is -2.11. The Labute approximate surface area is 107 Å². The number of cyclic esters (lactones) is 1. The van der Waals surface area contributed by atoms with E-state index >= 15 is 0 Å². The molecular formula is C13H21BrO2. The number of unbranched alkanes of at least 4 members (excludes halogenated alkanes) is 2. The topological polar surface area (TPSA) is 26.3 Å². The number of hydrogen-bond donors (Lipinski definition) is 0. The zero-order valence-electron chi connectivity index (χ0n) is 10.2. The highest BCUT2D eigenvalue weighted by atomic mass is 79.9. The molecule has 1 fully saturated rings. The molecule has 0 saturated carbocycles. The molecule has 0 N–H and O–H groups in total. The molecule has 3 heteroatoms. The van der Waals surface area contributed by atoms with Gasteiger partial charge in [0, 0.05) is 10.9 Å². The Morgan fingerprint density at radius 1 is 1.62 bits per heavy atom. The second kappa shape index (κ2) is 7.10. The third kappa shape index (κ3) is 4.69. The van der Waals surface area contributed by atoms with Gasteiger partial charge in [-0.1, -0.05) is 55.1 Å². The van der Waals surface area contributed by atoms with Crippen LogP contribution in [-0.4, -0.2) is 12.1 Å². The van der Waals surface area contributed by atoms with Crippen LogP contribution < -0.4 is 0 Å². The summed E-state index contributed by atoms with van der Waals surface area (Å²) >= 11 is 3.53. The van der Waals surface area contributed by atoms with Crippen LogP contribution in [-0.2, 0) is 9.53 Å². The predicted molar refractivity (Wildman–Crippen MR) is 69.4 cm³/mol. The van der Waals surface area contributed by atoms with E-state index < -0.39 is 0 Å². The minimum absolute atomic E-state index is 0.0267. The van der Waals surface area contributed by atoms with Gasteiger partial charge in [0.05, 0.1) is 0 Å². The van der Waals surface area contributed by atoms with Crippen LogP contribution in [0, 0.1) is 5.92 Å². The van der Waals surface area contributed by atoms with Crippen molar-refractivity contribution in [1.29, 1.82) is 0 Å². The summed E-state index contributed by atoms with van der Waals surface area (Å²) in [5, 5.41) is 0. The van der Waals surface area contributed by atoms with Crippen molar-refractivity contribution in [3.63, 3.8) is 0 Å². The lowest BCUT2D eigenvalue weighted by Crippen LogP contribution is -2.07. The predicted octanol–water partition coefficient (Wildman–Crippen LogP) is 4.19. The first-order valence-corrected chi connectivity index (χ1v) is 6.99. The molecule has 0 bridgehead atoms. The van der Waals surface area contributed by atoms with Gasteiger partial charge in [-0.3, -0.25) is 4.79 Å². The monoisotopic (exact) mass is 288 g/mol. The summed E-state index contributed by atoms with van der Waals surface area (Å²) in [7, 11) is 0. The second-order valence-electron chi connectivity index (χ2n) is 4.54. The Morgan fingerprint density at radius 3 is 2.94 bits per heavy atom. The average molecular weight is 289 g/mol. The van der Waals surface area contributed by atoms with E-state index in [0.717, 1.165) is 10.9 Å². The quantitative estimate of drug-likeness (QED) is 0.541. The maximum atomic E-state index is 11.0. The summed E-state index contributed by atoms with van der Waals surface area (Å²) in [6.07, 6.45) is 8.59. The van der Waals surface area contributed by atoms with E-state index in [-0.39, 0.29) is 12.1 Å². The van der Waals surface area contributed by atoms with Crippen molar-refractivity contribution in [2.45, 2.75) is 58.5 Å². The average Bonchev–Trinajstić information content (AvgIpc) is 2.65. The van der Waals surface area contributed by atoms with Crippen LogP contribution in [0.4, 0.5) is 0 Å². The largest absolute Gasteiger partial charge is 0.457 e. The second-order valence-corrected chi connectivity index (χ2v) is 5.46. The van der Waals surface area contributed by atoms with Crippen LogP contribution in [0.3, 0.4) is 0 Å². The number of halogens is 1. The van der Waals surface area contributed by atoms with E-state index in [1.807, 2.05) is 0 Å². The molecule has 0 aliphatic carbocycles. The van der Waals surface area contributed by atoms with E-state index in [9.17, 15) is 4.79 Å². The molecule has 92 valence electrons. The minimum atomic E-state index is -0.0750. The molecule has 2 nitrogen and oxygen atoms in total. The summed E-state index contributed by atoms with van der Waals surface area (Å²) < 4.78 is 6.24. The molecular weight excluding hydrogens is 268 g/mol. The summed E-state index contributed by atoms with van der Waals surface area (Å²) in [6, 6.07) is 0. The fraction of sp³-hybridized carbons (Fsp3) is 0.769. The number of esters is 1. The van der Waals surface area contributed by atoms with Crippen molar-refractivity contribution in [3.05, 3.63) is 10.6 Å². The third-order valence-electron chi connectivity index (χ3n) is 2.90. The van der Waals surface area contributed by atoms with Gasteiger partial charge in [-0.2, -0.15) is 0 Å². The zero-order valence-corrected chi connectivity index (χ0v) is 11.8. The van der Waals surface area contributed by atoms with Gasteiger partial charge in [0.15, 0.2) is 0 Å². The van der Waals surface area contributed by atoms with Gasteiger partial charge in [0.25, 0.3) is 0 Å². The van der Waals surface area contributed by atoms with Gasteiger partial charge in [-0.05, 0) is 18.8 Å². The van der Waals surface area contributed by atoms with Crippen LogP contribution >= 0.6 is 15.9 Å². The fourth-order valence-electron chi connectivity index (χ4n) is 1.90. The Balaban J connectivity index is 2.33. The lowest BCUT2D eigenvalue weighted by atomic mass is 10.0. The standard InChI is InChI=1S/C13H21BrO2/c1-3-4-5-6-10(2)9-11(14)12-7-8-13(15)16-12/h9-10,12H,3-8H2,1-2H3/b11-9-. The van der Waals surface area contributed by atoms with Crippen LogP contribution in [0.25, 0.3) is 0 Å². The fourth-order valence-corrected chi connectivity index (χ4v) is 2.67. The molecule has 1 aliphatic rings. The molecule has 0 aromatic carbocycles. The number of carbonyl (C=O) groups excluding carboxylic acids is 1. The Morgan fingerprint density at radius 2 is 2.38 bits per heavy atom. The summed E-state index contributed by atoms with van der Waals surface area (Å²) in [5.41, 5.74) is 0. The number of carbonyl (C=O) groups is 1.